The maximum atomic E-state index is 15.4. The Morgan fingerprint density at radius 2 is 1.77 bits per heavy atom. The van der Waals surface area contributed by atoms with E-state index in [0.29, 0.717) is 21.8 Å². The zero-order chi connectivity index (χ0) is 22.0. The Bertz CT molecular complexity index is 1240. The molecule has 0 aliphatic rings. The number of carbonyl (C=O) groups excluding carboxylic acids is 1. The van der Waals surface area contributed by atoms with Crippen molar-refractivity contribution in [1.82, 2.24) is 4.98 Å². The number of unbranched alkanes of at least 4 members (excludes halogenated alkanes) is 1. The minimum Gasteiger partial charge on any atom is -0.352 e. The summed E-state index contributed by atoms with van der Waals surface area (Å²) >= 11 is 6.30. The second-order valence-corrected chi connectivity index (χ2v) is 8.16. The highest BCUT2D eigenvalue weighted by molar-refractivity contribution is 6.34. The minimum absolute atomic E-state index is 0.187. The number of benzene rings is 3. The van der Waals surface area contributed by atoms with Crippen molar-refractivity contribution < 1.29 is 9.18 Å². The van der Waals surface area contributed by atoms with Gasteiger partial charge in [-0.15, -0.1) is 0 Å². The average molecular weight is 435 g/mol. The van der Waals surface area contributed by atoms with Crippen LogP contribution in [0.5, 0.6) is 0 Å². The zero-order valence-electron chi connectivity index (χ0n) is 17.6. The van der Waals surface area contributed by atoms with E-state index in [1.807, 2.05) is 36.4 Å². The van der Waals surface area contributed by atoms with Gasteiger partial charge in [0.25, 0.3) is 0 Å². The van der Waals surface area contributed by atoms with E-state index in [1.165, 1.54) is 12.5 Å². The summed E-state index contributed by atoms with van der Waals surface area (Å²) in [4.78, 5) is 14.5. The molecule has 4 aromatic rings. The number of amides is 1. The molecular weight excluding hydrogens is 411 g/mol. The first-order valence-corrected chi connectivity index (χ1v) is 10.8. The van der Waals surface area contributed by atoms with E-state index >= 15 is 4.39 Å². The SMILES string of the molecule is CCCCc1ccc(-c2ccc3cc(-c4ccc(NC(C)=O)c(Cl)c4)[nH]c3c2F)cc1. The molecule has 5 heteroatoms. The number of anilines is 1. The predicted octanol–water partition coefficient (Wildman–Crippen LogP) is 7.60. The van der Waals surface area contributed by atoms with Crippen molar-refractivity contribution in [3.8, 4) is 22.4 Å². The Balaban J connectivity index is 1.67. The van der Waals surface area contributed by atoms with Crippen LogP contribution in [0.1, 0.15) is 32.3 Å². The molecule has 1 heterocycles. The molecule has 1 amide bonds. The van der Waals surface area contributed by atoms with E-state index in [4.69, 9.17) is 11.6 Å². The fraction of sp³-hybridized carbons (Fsp3) is 0.192. The summed E-state index contributed by atoms with van der Waals surface area (Å²) in [6.45, 7) is 3.61. The van der Waals surface area contributed by atoms with Crippen molar-refractivity contribution in [3.63, 3.8) is 0 Å². The monoisotopic (exact) mass is 434 g/mol. The molecule has 3 aromatic carbocycles. The van der Waals surface area contributed by atoms with Crippen LogP contribution in [0, 0.1) is 5.82 Å². The molecule has 0 radical (unpaired) electrons. The first kappa shape index (κ1) is 21.1. The molecule has 0 aliphatic heterocycles. The van der Waals surface area contributed by atoms with Crippen molar-refractivity contribution in [2.24, 2.45) is 0 Å². The number of hydrogen-bond donors (Lipinski definition) is 2. The first-order chi connectivity index (χ1) is 15.0. The van der Waals surface area contributed by atoms with Gasteiger partial charge in [0.05, 0.1) is 16.2 Å². The van der Waals surface area contributed by atoms with Crippen molar-refractivity contribution >= 4 is 34.1 Å². The third-order valence-corrected chi connectivity index (χ3v) is 5.72. The Morgan fingerprint density at radius 3 is 2.45 bits per heavy atom. The molecule has 0 fully saturated rings. The van der Waals surface area contributed by atoms with Crippen LogP contribution < -0.4 is 5.32 Å². The molecule has 0 unspecified atom stereocenters. The van der Waals surface area contributed by atoms with Gasteiger partial charge in [0.1, 0.15) is 0 Å². The second kappa shape index (κ2) is 8.94. The van der Waals surface area contributed by atoms with Crippen LogP contribution in [0.3, 0.4) is 0 Å². The van der Waals surface area contributed by atoms with Gasteiger partial charge in [-0.05, 0) is 47.7 Å². The second-order valence-electron chi connectivity index (χ2n) is 7.75. The number of nitrogens with one attached hydrogen (secondary N) is 2. The standard InChI is InChI=1S/C26H24ClFN2O/c1-3-4-5-17-6-8-18(9-7-17)21-12-10-20-15-24(30-26(20)25(21)28)19-11-13-23(22(27)14-19)29-16(2)31/h6-15,30H,3-5H2,1-2H3,(H,29,31). The molecule has 3 nitrogen and oxygen atoms in total. The Labute approximate surface area is 186 Å². The molecule has 1 aromatic heterocycles. The summed E-state index contributed by atoms with van der Waals surface area (Å²) in [5.41, 5.74) is 5.29. The van der Waals surface area contributed by atoms with Crippen LogP contribution in [0.15, 0.2) is 60.7 Å². The van der Waals surface area contributed by atoms with Gasteiger partial charge >= 0.3 is 0 Å². The van der Waals surface area contributed by atoms with Gasteiger partial charge < -0.3 is 10.3 Å². The number of H-pyrrole nitrogens is 1. The number of hydrogen-bond acceptors (Lipinski definition) is 1. The van der Waals surface area contributed by atoms with Crippen LogP contribution in [-0.2, 0) is 11.2 Å². The number of halogens is 2. The topological polar surface area (TPSA) is 44.9 Å². The minimum atomic E-state index is -0.272. The lowest BCUT2D eigenvalue weighted by atomic mass is 10.0. The van der Waals surface area contributed by atoms with Crippen LogP contribution in [0.2, 0.25) is 5.02 Å². The van der Waals surface area contributed by atoms with E-state index in [-0.39, 0.29) is 11.7 Å². The highest BCUT2D eigenvalue weighted by atomic mass is 35.5. The lowest BCUT2D eigenvalue weighted by molar-refractivity contribution is -0.114. The van der Waals surface area contributed by atoms with Gasteiger partial charge in [-0.2, -0.15) is 0 Å². The van der Waals surface area contributed by atoms with E-state index < -0.39 is 0 Å². The summed E-state index contributed by atoms with van der Waals surface area (Å²) in [6, 6.07) is 19.1. The largest absolute Gasteiger partial charge is 0.352 e. The molecule has 0 atom stereocenters. The van der Waals surface area contributed by atoms with Gasteiger partial charge in [-0.25, -0.2) is 4.39 Å². The van der Waals surface area contributed by atoms with Crippen molar-refractivity contribution in [3.05, 3.63) is 77.1 Å². The number of aryl methyl sites for hydroxylation is 1. The molecule has 0 saturated heterocycles. The zero-order valence-corrected chi connectivity index (χ0v) is 18.3. The van der Waals surface area contributed by atoms with E-state index in [1.54, 1.807) is 12.1 Å². The summed E-state index contributed by atoms with van der Waals surface area (Å²) in [6.07, 6.45) is 3.35. The van der Waals surface area contributed by atoms with Crippen LogP contribution in [-0.4, -0.2) is 10.9 Å². The highest BCUT2D eigenvalue weighted by Gasteiger charge is 2.14. The molecule has 158 valence electrons. The molecule has 0 saturated carbocycles. The van der Waals surface area contributed by atoms with Gasteiger partial charge in [-0.3, -0.25) is 4.79 Å². The maximum Gasteiger partial charge on any atom is 0.221 e. The summed E-state index contributed by atoms with van der Waals surface area (Å²) in [5, 5.41) is 3.90. The fourth-order valence-corrected chi connectivity index (χ4v) is 3.98. The number of aromatic nitrogens is 1. The fourth-order valence-electron chi connectivity index (χ4n) is 3.75. The van der Waals surface area contributed by atoms with Gasteiger partial charge in [0.15, 0.2) is 5.82 Å². The summed E-state index contributed by atoms with van der Waals surface area (Å²) in [7, 11) is 0. The molecule has 31 heavy (non-hydrogen) atoms. The quantitative estimate of drug-likeness (QED) is 0.322. The molecule has 0 spiro atoms. The molecule has 0 bridgehead atoms. The van der Waals surface area contributed by atoms with Gasteiger partial charge in [-0.1, -0.05) is 67.4 Å². The van der Waals surface area contributed by atoms with Crippen molar-refractivity contribution in [2.45, 2.75) is 33.1 Å². The third kappa shape index (κ3) is 4.49. The predicted molar refractivity (Wildman–Crippen MR) is 127 cm³/mol. The third-order valence-electron chi connectivity index (χ3n) is 5.41. The van der Waals surface area contributed by atoms with Crippen LogP contribution in [0.25, 0.3) is 33.3 Å². The molecule has 0 aliphatic carbocycles. The van der Waals surface area contributed by atoms with Crippen LogP contribution in [0.4, 0.5) is 10.1 Å². The first-order valence-electron chi connectivity index (χ1n) is 10.4. The molecule has 4 rings (SSSR count). The lowest BCUT2D eigenvalue weighted by Gasteiger charge is -2.07. The van der Waals surface area contributed by atoms with E-state index in [2.05, 4.69) is 29.4 Å². The summed E-state index contributed by atoms with van der Waals surface area (Å²) in [5.74, 6) is -0.459. The average Bonchev–Trinajstić information content (AvgIpc) is 3.19. The van der Waals surface area contributed by atoms with Gasteiger partial charge in [0.2, 0.25) is 5.91 Å². The Kier molecular flexibility index (Phi) is 6.10. The Morgan fingerprint density at radius 1 is 1.03 bits per heavy atom. The summed E-state index contributed by atoms with van der Waals surface area (Å²) < 4.78 is 15.4. The van der Waals surface area contributed by atoms with Gasteiger partial charge in [0, 0.05) is 23.6 Å². The lowest BCUT2D eigenvalue weighted by Crippen LogP contribution is -2.06. The normalized spacial score (nSPS) is 11.1. The Hall–Kier alpha value is -3.11. The van der Waals surface area contributed by atoms with Crippen molar-refractivity contribution in [2.75, 3.05) is 5.32 Å². The van der Waals surface area contributed by atoms with E-state index in [0.717, 1.165) is 41.5 Å². The molecule has 2 N–H and O–H groups in total. The number of carbonyl (C=O) groups is 1. The smallest absolute Gasteiger partial charge is 0.221 e. The maximum absolute atomic E-state index is 15.4. The number of rotatable bonds is 6. The van der Waals surface area contributed by atoms with E-state index in [9.17, 15) is 4.79 Å². The molecular formula is C26H24ClFN2O. The number of aromatic amines is 1. The highest BCUT2D eigenvalue weighted by Crippen LogP contribution is 2.34. The number of fused-ring (bicyclic) bond motifs is 1. The van der Waals surface area contributed by atoms with Crippen LogP contribution >= 0.6 is 11.6 Å². The van der Waals surface area contributed by atoms with Crippen molar-refractivity contribution in [1.29, 1.82) is 0 Å².